The lowest BCUT2D eigenvalue weighted by atomic mass is 9.93. The lowest BCUT2D eigenvalue weighted by Gasteiger charge is -2.32. The first-order chi connectivity index (χ1) is 10.2. The second-order valence-electron chi connectivity index (χ2n) is 6.45. The molecule has 2 aliphatic heterocycles. The summed E-state index contributed by atoms with van der Waals surface area (Å²) in [6.07, 6.45) is 16.7. The highest BCUT2D eigenvalue weighted by molar-refractivity contribution is 5.00. The Morgan fingerprint density at radius 3 is 1.67 bits per heavy atom. The van der Waals surface area contributed by atoms with Gasteiger partial charge >= 0.3 is 0 Å². The minimum atomic E-state index is -0.131. The molecule has 0 aromatic rings. The van der Waals surface area contributed by atoms with E-state index in [9.17, 15) is 0 Å². The lowest BCUT2D eigenvalue weighted by Crippen LogP contribution is -2.39. The summed E-state index contributed by atoms with van der Waals surface area (Å²) in [6.45, 7) is 5.76. The Morgan fingerprint density at radius 1 is 0.857 bits per heavy atom. The molecule has 0 radical (unpaired) electrons. The Balaban J connectivity index is 1.80. The number of hydrogen-bond donors (Lipinski definition) is 0. The molecule has 2 atom stereocenters. The zero-order valence-corrected chi connectivity index (χ0v) is 13.6. The molecule has 0 aliphatic carbocycles. The van der Waals surface area contributed by atoms with E-state index < -0.39 is 0 Å². The maximum absolute atomic E-state index is 6.07. The van der Waals surface area contributed by atoms with Crippen molar-refractivity contribution < 1.29 is 14.2 Å². The van der Waals surface area contributed by atoms with Gasteiger partial charge in [-0.25, -0.2) is 0 Å². The summed E-state index contributed by atoms with van der Waals surface area (Å²) in [7, 11) is 0. The summed E-state index contributed by atoms with van der Waals surface area (Å²) in [5, 5.41) is 0. The van der Waals surface area contributed by atoms with Crippen LogP contribution in [0.5, 0.6) is 0 Å². The van der Waals surface area contributed by atoms with Gasteiger partial charge in [0.1, 0.15) is 11.2 Å². The predicted octanol–water partition coefficient (Wildman–Crippen LogP) is 4.73. The number of hydrogen-bond acceptors (Lipinski definition) is 3. The molecule has 0 saturated carbocycles. The molecule has 21 heavy (non-hydrogen) atoms. The van der Waals surface area contributed by atoms with Crippen molar-refractivity contribution in [2.45, 2.75) is 76.4 Å². The van der Waals surface area contributed by atoms with Crippen molar-refractivity contribution in [3.63, 3.8) is 0 Å². The Labute approximate surface area is 129 Å². The predicted molar refractivity (Wildman–Crippen MR) is 85.0 cm³/mol. The second-order valence-corrected chi connectivity index (χ2v) is 6.45. The highest BCUT2D eigenvalue weighted by Gasteiger charge is 2.37. The smallest absolute Gasteiger partial charge is 0.135 e. The van der Waals surface area contributed by atoms with Crippen molar-refractivity contribution in [1.82, 2.24) is 0 Å². The molecule has 0 saturated heterocycles. The van der Waals surface area contributed by atoms with Gasteiger partial charge in [0.15, 0.2) is 0 Å². The molecular weight excluding hydrogens is 264 g/mol. The Bertz CT molecular complexity index is 309. The SMILES string of the molecule is CCCCC1(COCC2(CCCC)CC=CO2)CC=CO1. The zero-order valence-electron chi connectivity index (χ0n) is 13.6. The first-order valence-electron chi connectivity index (χ1n) is 8.48. The van der Waals surface area contributed by atoms with Crippen molar-refractivity contribution in [3.05, 3.63) is 24.7 Å². The first-order valence-corrected chi connectivity index (χ1v) is 8.48. The molecule has 2 heterocycles. The summed E-state index contributed by atoms with van der Waals surface area (Å²) in [6, 6.07) is 0. The number of rotatable bonds is 10. The number of ether oxygens (including phenoxy) is 3. The lowest BCUT2D eigenvalue weighted by molar-refractivity contribution is -0.0965. The highest BCUT2D eigenvalue weighted by Crippen LogP contribution is 2.33. The van der Waals surface area contributed by atoms with E-state index in [1.807, 2.05) is 12.5 Å². The molecule has 0 bridgehead atoms. The summed E-state index contributed by atoms with van der Waals surface area (Å²) in [5.74, 6) is 0. The van der Waals surface area contributed by atoms with E-state index >= 15 is 0 Å². The van der Waals surface area contributed by atoms with Crippen molar-refractivity contribution in [2.24, 2.45) is 0 Å². The van der Waals surface area contributed by atoms with Crippen LogP contribution < -0.4 is 0 Å². The number of unbranched alkanes of at least 4 members (excludes halogenated alkanes) is 2. The topological polar surface area (TPSA) is 27.7 Å². The van der Waals surface area contributed by atoms with Crippen molar-refractivity contribution >= 4 is 0 Å². The quantitative estimate of drug-likeness (QED) is 0.583. The fourth-order valence-electron chi connectivity index (χ4n) is 3.08. The Kier molecular flexibility index (Phi) is 6.16. The van der Waals surface area contributed by atoms with Gasteiger partial charge in [-0.05, 0) is 37.8 Å². The Morgan fingerprint density at radius 2 is 1.33 bits per heavy atom. The van der Waals surface area contributed by atoms with Gasteiger partial charge in [0.05, 0.1) is 25.7 Å². The van der Waals surface area contributed by atoms with Crippen LogP contribution in [0.3, 0.4) is 0 Å². The summed E-state index contributed by atoms with van der Waals surface area (Å²) >= 11 is 0. The van der Waals surface area contributed by atoms with Crippen LogP contribution in [0.15, 0.2) is 24.7 Å². The van der Waals surface area contributed by atoms with Crippen LogP contribution in [0.1, 0.15) is 65.2 Å². The van der Waals surface area contributed by atoms with Gasteiger partial charge in [-0.3, -0.25) is 0 Å². The largest absolute Gasteiger partial charge is 0.492 e. The van der Waals surface area contributed by atoms with Crippen LogP contribution >= 0.6 is 0 Å². The highest BCUT2D eigenvalue weighted by atomic mass is 16.6. The molecule has 2 rings (SSSR count). The van der Waals surface area contributed by atoms with Gasteiger partial charge in [0, 0.05) is 12.8 Å². The molecule has 3 heteroatoms. The van der Waals surface area contributed by atoms with E-state index in [1.54, 1.807) is 0 Å². The van der Waals surface area contributed by atoms with Gasteiger partial charge in [-0.2, -0.15) is 0 Å². The average Bonchev–Trinajstić information content (AvgIpc) is 3.14. The molecule has 0 spiro atoms. The molecule has 0 aromatic carbocycles. The molecular formula is C18H30O3. The van der Waals surface area contributed by atoms with Crippen molar-refractivity contribution in [3.8, 4) is 0 Å². The molecule has 0 amide bonds. The van der Waals surface area contributed by atoms with E-state index in [-0.39, 0.29) is 11.2 Å². The standard InChI is InChI=1S/C18H30O3/c1-3-5-9-17(11-7-13-20-17)15-19-16-18(10-6-4-2)12-8-14-21-18/h7-8,13-14H,3-6,9-12,15-16H2,1-2H3. The zero-order chi connectivity index (χ0) is 15.0. The fourth-order valence-corrected chi connectivity index (χ4v) is 3.08. The summed E-state index contributed by atoms with van der Waals surface area (Å²) < 4.78 is 17.8. The molecule has 2 unspecified atom stereocenters. The average molecular weight is 294 g/mol. The van der Waals surface area contributed by atoms with Crippen LogP contribution in [0, 0.1) is 0 Å². The third kappa shape index (κ3) is 4.50. The van der Waals surface area contributed by atoms with Crippen LogP contribution in [-0.4, -0.2) is 24.4 Å². The van der Waals surface area contributed by atoms with E-state index in [1.165, 1.54) is 25.7 Å². The van der Waals surface area contributed by atoms with Crippen LogP contribution in [0.4, 0.5) is 0 Å². The van der Waals surface area contributed by atoms with Gasteiger partial charge in [0.2, 0.25) is 0 Å². The third-order valence-corrected chi connectivity index (χ3v) is 4.51. The molecule has 2 aliphatic rings. The first kappa shape index (κ1) is 16.4. The third-order valence-electron chi connectivity index (χ3n) is 4.51. The molecule has 0 fully saturated rings. The Hall–Kier alpha value is -0.960. The van der Waals surface area contributed by atoms with E-state index in [0.717, 1.165) is 25.7 Å². The maximum Gasteiger partial charge on any atom is 0.135 e. The summed E-state index contributed by atoms with van der Waals surface area (Å²) in [4.78, 5) is 0. The van der Waals surface area contributed by atoms with E-state index in [0.29, 0.717) is 13.2 Å². The normalized spacial score (nSPS) is 30.6. The van der Waals surface area contributed by atoms with Gasteiger partial charge < -0.3 is 14.2 Å². The molecule has 0 N–H and O–H groups in total. The monoisotopic (exact) mass is 294 g/mol. The molecule has 3 nitrogen and oxygen atoms in total. The van der Waals surface area contributed by atoms with Crippen LogP contribution in [0.25, 0.3) is 0 Å². The van der Waals surface area contributed by atoms with Gasteiger partial charge in [0.25, 0.3) is 0 Å². The van der Waals surface area contributed by atoms with Crippen molar-refractivity contribution in [1.29, 1.82) is 0 Å². The minimum Gasteiger partial charge on any atom is -0.492 e. The maximum atomic E-state index is 6.07. The van der Waals surface area contributed by atoms with Gasteiger partial charge in [-0.15, -0.1) is 0 Å². The van der Waals surface area contributed by atoms with E-state index in [2.05, 4.69) is 26.0 Å². The molecule has 120 valence electrons. The summed E-state index contributed by atoms with van der Waals surface area (Å²) in [5.41, 5.74) is -0.262. The second kappa shape index (κ2) is 7.88. The van der Waals surface area contributed by atoms with Crippen LogP contribution in [0.2, 0.25) is 0 Å². The van der Waals surface area contributed by atoms with Crippen molar-refractivity contribution in [2.75, 3.05) is 13.2 Å². The fraction of sp³-hybridized carbons (Fsp3) is 0.778. The minimum absolute atomic E-state index is 0.131. The molecule has 0 aromatic heterocycles. The van der Waals surface area contributed by atoms with E-state index in [4.69, 9.17) is 14.2 Å². The van der Waals surface area contributed by atoms with Gasteiger partial charge in [-0.1, -0.05) is 26.7 Å². The van der Waals surface area contributed by atoms with Crippen LogP contribution in [-0.2, 0) is 14.2 Å².